The summed E-state index contributed by atoms with van der Waals surface area (Å²) in [6, 6.07) is 3.18. The summed E-state index contributed by atoms with van der Waals surface area (Å²) >= 11 is 0. The number of carbonyl (C=O) groups is 2. The lowest BCUT2D eigenvalue weighted by Crippen LogP contribution is -2.11. The van der Waals surface area contributed by atoms with Crippen LogP contribution in [0.4, 0.5) is 4.39 Å². The number of aliphatic carboxylic acids is 1. The van der Waals surface area contributed by atoms with Crippen LogP contribution in [0.25, 0.3) is 33.8 Å². The van der Waals surface area contributed by atoms with Gasteiger partial charge in [0, 0.05) is 23.6 Å². The maximum atomic E-state index is 14.7. The number of rotatable bonds is 6. The average molecular weight is 412 g/mol. The van der Waals surface area contributed by atoms with E-state index in [0.717, 1.165) is 0 Å². The quantitative estimate of drug-likeness (QED) is 0.430. The number of aromatic amines is 1. The van der Waals surface area contributed by atoms with Crippen LogP contribution in [0, 0.1) is 12.7 Å². The third-order valence-corrected chi connectivity index (χ3v) is 4.70. The first-order chi connectivity index (χ1) is 14.3. The van der Waals surface area contributed by atoms with Gasteiger partial charge in [-0.1, -0.05) is 0 Å². The highest BCUT2D eigenvalue weighted by Gasteiger charge is 2.23. The number of hydrogen-bond donors (Lipinski definition) is 3. The number of nitrogens with one attached hydrogen (secondary N) is 1. The van der Waals surface area contributed by atoms with Gasteiger partial charge >= 0.3 is 5.97 Å². The number of fused-ring (bicyclic) bond motifs is 1. The van der Waals surface area contributed by atoms with E-state index >= 15 is 0 Å². The first kappa shape index (κ1) is 19.2. The van der Waals surface area contributed by atoms with Crippen molar-refractivity contribution in [3.8, 4) is 22.9 Å². The number of hydrogen-bond acceptors (Lipinski definition) is 6. The summed E-state index contributed by atoms with van der Waals surface area (Å²) in [4.78, 5) is 27.0. The third kappa shape index (κ3) is 3.17. The van der Waals surface area contributed by atoms with Crippen molar-refractivity contribution in [1.82, 2.24) is 34.7 Å². The number of carbonyl (C=O) groups excluding carboxylic acids is 1. The highest BCUT2D eigenvalue weighted by atomic mass is 19.1. The molecule has 0 saturated carbocycles. The lowest BCUT2D eigenvalue weighted by atomic mass is 10.1. The zero-order chi connectivity index (χ0) is 21.6. The second kappa shape index (κ2) is 7.06. The Morgan fingerprint density at radius 1 is 1.33 bits per heavy atom. The molecule has 4 aromatic rings. The SMILES string of the molecule is Cc1nn(CCC(=O)O)c(-c2n[nH]c(-c3cc(C(N)=O)cc4c3cnn4C)n2)c1F. The molecule has 3 aromatic heterocycles. The van der Waals surface area contributed by atoms with Gasteiger partial charge in [0.15, 0.2) is 11.6 Å². The van der Waals surface area contributed by atoms with E-state index in [0.29, 0.717) is 16.5 Å². The van der Waals surface area contributed by atoms with Gasteiger partial charge in [-0.05, 0) is 19.1 Å². The normalized spacial score (nSPS) is 11.3. The molecule has 4 N–H and O–H groups in total. The lowest BCUT2D eigenvalue weighted by molar-refractivity contribution is -0.137. The maximum Gasteiger partial charge on any atom is 0.305 e. The minimum Gasteiger partial charge on any atom is -0.481 e. The monoisotopic (exact) mass is 412 g/mol. The van der Waals surface area contributed by atoms with Crippen LogP contribution in [0.5, 0.6) is 0 Å². The van der Waals surface area contributed by atoms with Crippen LogP contribution in [0.1, 0.15) is 22.5 Å². The summed E-state index contributed by atoms with van der Waals surface area (Å²) in [5, 5.41) is 24.7. The fourth-order valence-corrected chi connectivity index (χ4v) is 3.21. The molecule has 1 aromatic carbocycles. The Morgan fingerprint density at radius 2 is 2.10 bits per heavy atom. The molecule has 0 spiro atoms. The minimum absolute atomic E-state index is 0.00927. The average Bonchev–Trinajstić information content (AvgIpc) is 3.38. The molecule has 4 rings (SSSR count). The molecular weight excluding hydrogens is 395 g/mol. The van der Waals surface area contributed by atoms with Crippen molar-refractivity contribution in [2.75, 3.05) is 0 Å². The number of halogens is 1. The number of primary amides is 1. The molecule has 0 aliphatic carbocycles. The first-order valence-electron chi connectivity index (χ1n) is 8.89. The Kier molecular flexibility index (Phi) is 4.53. The first-order valence-corrected chi connectivity index (χ1v) is 8.89. The number of benzene rings is 1. The predicted molar refractivity (Wildman–Crippen MR) is 103 cm³/mol. The van der Waals surface area contributed by atoms with Gasteiger partial charge in [0.25, 0.3) is 0 Å². The number of aryl methyl sites for hydroxylation is 3. The van der Waals surface area contributed by atoms with E-state index in [1.807, 2.05) is 0 Å². The highest BCUT2D eigenvalue weighted by Crippen LogP contribution is 2.30. The predicted octanol–water partition coefficient (Wildman–Crippen LogP) is 1.24. The van der Waals surface area contributed by atoms with Gasteiger partial charge in [0.1, 0.15) is 5.69 Å². The Hall–Kier alpha value is -4.09. The van der Waals surface area contributed by atoms with Gasteiger partial charge < -0.3 is 10.8 Å². The smallest absolute Gasteiger partial charge is 0.305 e. The summed E-state index contributed by atoms with van der Waals surface area (Å²) < 4.78 is 17.5. The molecule has 0 aliphatic rings. The van der Waals surface area contributed by atoms with Crippen molar-refractivity contribution in [3.05, 3.63) is 35.4 Å². The summed E-state index contributed by atoms with van der Waals surface area (Å²) in [5.41, 5.74) is 6.96. The van der Waals surface area contributed by atoms with Crippen molar-refractivity contribution >= 4 is 22.8 Å². The van der Waals surface area contributed by atoms with Gasteiger partial charge in [0.2, 0.25) is 11.7 Å². The van der Waals surface area contributed by atoms with E-state index < -0.39 is 17.7 Å². The highest BCUT2D eigenvalue weighted by molar-refractivity contribution is 6.02. The van der Waals surface area contributed by atoms with Crippen molar-refractivity contribution in [2.45, 2.75) is 19.9 Å². The van der Waals surface area contributed by atoms with Crippen LogP contribution in [0.15, 0.2) is 18.3 Å². The summed E-state index contributed by atoms with van der Waals surface area (Å²) in [5.74, 6) is -2.01. The Morgan fingerprint density at radius 3 is 2.80 bits per heavy atom. The molecule has 0 bridgehead atoms. The zero-order valence-corrected chi connectivity index (χ0v) is 16.0. The van der Waals surface area contributed by atoms with E-state index in [2.05, 4.69) is 25.4 Å². The van der Waals surface area contributed by atoms with E-state index in [4.69, 9.17) is 10.8 Å². The van der Waals surface area contributed by atoms with E-state index in [-0.39, 0.29) is 41.6 Å². The number of carboxylic acids is 1. The third-order valence-electron chi connectivity index (χ3n) is 4.70. The minimum atomic E-state index is -1.03. The molecule has 0 saturated heterocycles. The van der Waals surface area contributed by atoms with Gasteiger partial charge in [-0.3, -0.25) is 24.1 Å². The fourth-order valence-electron chi connectivity index (χ4n) is 3.21. The van der Waals surface area contributed by atoms with Crippen molar-refractivity contribution < 1.29 is 19.1 Å². The molecule has 3 heterocycles. The second-order valence-corrected chi connectivity index (χ2v) is 6.71. The number of nitrogens with zero attached hydrogens (tertiary/aromatic N) is 6. The molecule has 0 fully saturated rings. The molecule has 11 nitrogen and oxygen atoms in total. The van der Waals surface area contributed by atoms with Crippen molar-refractivity contribution in [3.63, 3.8) is 0 Å². The summed E-state index contributed by atoms with van der Waals surface area (Å²) in [7, 11) is 1.72. The second-order valence-electron chi connectivity index (χ2n) is 6.71. The van der Waals surface area contributed by atoms with Gasteiger partial charge in [-0.25, -0.2) is 9.37 Å². The lowest BCUT2D eigenvalue weighted by Gasteiger charge is -2.04. The number of amides is 1. The standard InChI is InChI=1S/C18H17FN8O3/c1-8-14(19)15(27(25-8)4-3-13(28)29)18-22-17(23-24-18)10-5-9(16(20)30)6-12-11(10)7-21-26(12)2/h5-7H,3-4H2,1-2H3,(H2,20,30)(H,28,29)(H,22,23,24). The number of carboxylic acid groups (broad SMARTS) is 1. The van der Waals surface area contributed by atoms with Crippen LogP contribution >= 0.6 is 0 Å². The molecule has 154 valence electrons. The molecule has 30 heavy (non-hydrogen) atoms. The molecular formula is C18H17FN8O3. The number of H-pyrrole nitrogens is 1. The Balaban J connectivity index is 1.83. The topological polar surface area (TPSA) is 158 Å². The molecule has 12 heteroatoms. The van der Waals surface area contributed by atoms with Gasteiger partial charge in [0.05, 0.1) is 30.4 Å². The largest absolute Gasteiger partial charge is 0.481 e. The van der Waals surface area contributed by atoms with Crippen molar-refractivity contribution in [2.24, 2.45) is 12.8 Å². The van der Waals surface area contributed by atoms with Crippen LogP contribution in [0.3, 0.4) is 0 Å². The van der Waals surface area contributed by atoms with E-state index in [1.165, 1.54) is 11.6 Å². The fraction of sp³-hybridized carbons (Fsp3) is 0.222. The van der Waals surface area contributed by atoms with E-state index in [9.17, 15) is 14.0 Å². The molecule has 0 unspecified atom stereocenters. The number of aromatic nitrogens is 7. The van der Waals surface area contributed by atoms with Gasteiger partial charge in [-0.15, -0.1) is 0 Å². The number of nitrogens with two attached hydrogens (primary N) is 1. The van der Waals surface area contributed by atoms with Gasteiger partial charge in [-0.2, -0.15) is 15.3 Å². The Bertz CT molecular complexity index is 1300. The van der Waals surface area contributed by atoms with Crippen molar-refractivity contribution in [1.29, 1.82) is 0 Å². The van der Waals surface area contributed by atoms with Crippen LogP contribution in [-0.2, 0) is 18.4 Å². The molecule has 0 aliphatic heterocycles. The molecule has 0 radical (unpaired) electrons. The van der Waals surface area contributed by atoms with Crippen LogP contribution in [-0.4, -0.2) is 51.7 Å². The van der Waals surface area contributed by atoms with Crippen LogP contribution in [0.2, 0.25) is 0 Å². The molecule has 0 atom stereocenters. The zero-order valence-electron chi connectivity index (χ0n) is 16.0. The maximum absolute atomic E-state index is 14.7. The van der Waals surface area contributed by atoms with Crippen LogP contribution < -0.4 is 5.73 Å². The summed E-state index contributed by atoms with van der Waals surface area (Å²) in [6.07, 6.45) is 1.38. The molecule has 1 amide bonds. The van der Waals surface area contributed by atoms with E-state index in [1.54, 1.807) is 30.1 Å². The summed E-state index contributed by atoms with van der Waals surface area (Å²) in [6.45, 7) is 1.43. The Labute approximate surface area is 168 Å².